The van der Waals surface area contributed by atoms with Gasteiger partial charge in [0.15, 0.2) is 0 Å². The lowest BCUT2D eigenvalue weighted by atomic mass is 10.2. The van der Waals surface area contributed by atoms with Crippen LogP contribution < -0.4 is 5.73 Å². The number of aromatic nitrogens is 5. The largest absolute Gasteiger partial charge is 0.383 e. The van der Waals surface area contributed by atoms with Gasteiger partial charge in [0.1, 0.15) is 17.8 Å². The lowest BCUT2D eigenvalue weighted by molar-refractivity contribution is 1.10. The standard InChI is InChI=1S/C9H8N6/c10-8-7-5(6-1-2-14-15-6)3-11-9(7)13-4-12-8/h1-4H,(H,14,15)(H3,10,11,12,13). The highest BCUT2D eigenvalue weighted by atomic mass is 15.1. The number of anilines is 1. The van der Waals surface area contributed by atoms with Crippen molar-refractivity contribution in [3.8, 4) is 11.3 Å². The van der Waals surface area contributed by atoms with Gasteiger partial charge in [-0.1, -0.05) is 0 Å². The Morgan fingerprint density at radius 2 is 2.20 bits per heavy atom. The number of rotatable bonds is 1. The van der Waals surface area contributed by atoms with E-state index in [4.69, 9.17) is 5.73 Å². The highest BCUT2D eigenvalue weighted by Gasteiger charge is 2.10. The maximum absolute atomic E-state index is 5.80. The SMILES string of the molecule is Nc1ncnc2[nH]cc(-c3ccn[nH]3)c12. The van der Waals surface area contributed by atoms with E-state index in [1.165, 1.54) is 6.33 Å². The molecule has 6 heteroatoms. The topological polar surface area (TPSA) is 96.3 Å². The first kappa shape index (κ1) is 7.98. The zero-order valence-electron chi connectivity index (χ0n) is 7.73. The molecule has 6 nitrogen and oxygen atoms in total. The molecule has 0 radical (unpaired) electrons. The van der Waals surface area contributed by atoms with Gasteiger partial charge in [0.2, 0.25) is 0 Å². The van der Waals surface area contributed by atoms with Crippen LogP contribution in [-0.4, -0.2) is 25.1 Å². The minimum atomic E-state index is 0.464. The summed E-state index contributed by atoms with van der Waals surface area (Å²) in [5, 5.41) is 7.59. The third-order valence-corrected chi connectivity index (χ3v) is 2.29. The molecular weight excluding hydrogens is 192 g/mol. The van der Waals surface area contributed by atoms with Gasteiger partial charge in [-0.2, -0.15) is 5.10 Å². The summed E-state index contributed by atoms with van der Waals surface area (Å²) in [5.41, 5.74) is 8.35. The third kappa shape index (κ3) is 1.08. The summed E-state index contributed by atoms with van der Waals surface area (Å²) < 4.78 is 0. The first-order valence-corrected chi connectivity index (χ1v) is 4.43. The lowest BCUT2D eigenvalue weighted by Crippen LogP contribution is -1.92. The molecule has 3 rings (SSSR count). The molecule has 0 amide bonds. The van der Waals surface area contributed by atoms with Crippen molar-refractivity contribution < 1.29 is 0 Å². The van der Waals surface area contributed by atoms with Crippen LogP contribution in [0, 0.1) is 0 Å². The molecule has 0 spiro atoms. The zero-order valence-corrected chi connectivity index (χ0v) is 7.73. The van der Waals surface area contributed by atoms with E-state index in [0.29, 0.717) is 5.82 Å². The second kappa shape index (κ2) is 2.81. The minimum absolute atomic E-state index is 0.464. The summed E-state index contributed by atoms with van der Waals surface area (Å²) in [6, 6.07) is 1.87. The Hall–Kier alpha value is -2.37. The van der Waals surface area contributed by atoms with Crippen LogP contribution in [0.3, 0.4) is 0 Å². The van der Waals surface area contributed by atoms with E-state index in [-0.39, 0.29) is 0 Å². The molecule has 0 aliphatic carbocycles. The van der Waals surface area contributed by atoms with Crippen LogP contribution in [0.2, 0.25) is 0 Å². The normalized spacial score (nSPS) is 10.9. The van der Waals surface area contributed by atoms with E-state index < -0.39 is 0 Å². The number of fused-ring (bicyclic) bond motifs is 1. The van der Waals surface area contributed by atoms with Crippen LogP contribution in [0.15, 0.2) is 24.8 Å². The van der Waals surface area contributed by atoms with Gasteiger partial charge in [-0.25, -0.2) is 9.97 Å². The second-order valence-corrected chi connectivity index (χ2v) is 3.16. The van der Waals surface area contributed by atoms with Crippen molar-refractivity contribution in [2.24, 2.45) is 0 Å². The summed E-state index contributed by atoms with van der Waals surface area (Å²) in [5.74, 6) is 0.464. The number of nitrogens with zero attached hydrogens (tertiary/aromatic N) is 3. The Balaban J connectivity index is 2.37. The first-order chi connectivity index (χ1) is 7.36. The Bertz CT molecular complexity index is 594. The fourth-order valence-corrected chi connectivity index (χ4v) is 1.61. The number of hydrogen-bond donors (Lipinski definition) is 3. The Kier molecular flexibility index (Phi) is 1.49. The molecular formula is C9H8N6. The molecule has 3 heterocycles. The maximum atomic E-state index is 5.80. The van der Waals surface area contributed by atoms with Gasteiger partial charge in [0.25, 0.3) is 0 Å². The highest BCUT2D eigenvalue weighted by molar-refractivity contribution is 5.99. The predicted molar refractivity (Wildman–Crippen MR) is 55.9 cm³/mol. The van der Waals surface area contributed by atoms with E-state index in [0.717, 1.165) is 22.3 Å². The number of hydrogen-bond acceptors (Lipinski definition) is 4. The van der Waals surface area contributed by atoms with Gasteiger partial charge in [-0.15, -0.1) is 0 Å². The smallest absolute Gasteiger partial charge is 0.143 e. The van der Waals surface area contributed by atoms with Crippen molar-refractivity contribution in [1.82, 2.24) is 25.1 Å². The molecule has 0 bridgehead atoms. The van der Waals surface area contributed by atoms with Gasteiger partial charge in [-0.3, -0.25) is 5.10 Å². The quantitative estimate of drug-likeness (QED) is 0.544. The monoisotopic (exact) mass is 200 g/mol. The van der Waals surface area contributed by atoms with Crippen molar-refractivity contribution in [3.63, 3.8) is 0 Å². The molecule has 0 saturated carbocycles. The Morgan fingerprint density at radius 3 is 3.00 bits per heavy atom. The molecule has 74 valence electrons. The van der Waals surface area contributed by atoms with Gasteiger partial charge < -0.3 is 10.7 Å². The maximum Gasteiger partial charge on any atom is 0.143 e. The molecule has 0 aliphatic rings. The molecule has 3 aromatic rings. The third-order valence-electron chi connectivity index (χ3n) is 2.29. The molecule has 0 fully saturated rings. The van der Waals surface area contributed by atoms with E-state index in [1.54, 1.807) is 6.20 Å². The number of nitrogen functional groups attached to an aromatic ring is 1. The van der Waals surface area contributed by atoms with E-state index in [2.05, 4.69) is 25.1 Å². The number of aromatic amines is 2. The van der Waals surface area contributed by atoms with E-state index in [9.17, 15) is 0 Å². The Labute approximate surface area is 84.6 Å². The predicted octanol–water partition coefficient (Wildman–Crippen LogP) is 0.930. The molecule has 3 aromatic heterocycles. The summed E-state index contributed by atoms with van der Waals surface area (Å²) in [6.07, 6.45) is 4.96. The first-order valence-electron chi connectivity index (χ1n) is 4.43. The summed E-state index contributed by atoms with van der Waals surface area (Å²) in [6.45, 7) is 0. The van der Waals surface area contributed by atoms with Crippen LogP contribution in [0.1, 0.15) is 0 Å². The molecule has 15 heavy (non-hydrogen) atoms. The van der Waals surface area contributed by atoms with Crippen molar-refractivity contribution in [1.29, 1.82) is 0 Å². The second-order valence-electron chi connectivity index (χ2n) is 3.16. The fraction of sp³-hybridized carbons (Fsp3) is 0. The summed E-state index contributed by atoms with van der Waals surface area (Å²) in [4.78, 5) is 11.1. The van der Waals surface area contributed by atoms with Crippen molar-refractivity contribution in [2.45, 2.75) is 0 Å². The molecule has 0 saturated heterocycles. The van der Waals surface area contributed by atoms with Crippen molar-refractivity contribution in [2.75, 3.05) is 5.73 Å². The van der Waals surface area contributed by atoms with Crippen LogP contribution in [0.25, 0.3) is 22.3 Å². The molecule has 4 N–H and O–H groups in total. The summed E-state index contributed by atoms with van der Waals surface area (Å²) in [7, 11) is 0. The van der Waals surface area contributed by atoms with Crippen molar-refractivity contribution in [3.05, 3.63) is 24.8 Å². The number of nitrogens with one attached hydrogen (secondary N) is 2. The highest BCUT2D eigenvalue weighted by Crippen LogP contribution is 2.28. The van der Waals surface area contributed by atoms with Crippen LogP contribution in [0.5, 0.6) is 0 Å². The van der Waals surface area contributed by atoms with Crippen LogP contribution in [-0.2, 0) is 0 Å². The Morgan fingerprint density at radius 1 is 1.27 bits per heavy atom. The van der Waals surface area contributed by atoms with Crippen LogP contribution in [0.4, 0.5) is 5.82 Å². The summed E-state index contributed by atoms with van der Waals surface area (Å²) >= 11 is 0. The number of nitrogens with two attached hydrogens (primary N) is 1. The molecule has 0 unspecified atom stereocenters. The molecule has 0 aromatic carbocycles. The lowest BCUT2D eigenvalue weighted by Gasteiger charge is -1.97. The zero-order chi connectivity index (χ0) is 10.3. The number of H-pyrrole nitrogens is 2. The van der Waals surface area contributed by atoms with Crippen LogP contribution >= 0.6 is 0 Å². The molecule has 0 atom stereocenters. The van der Waals surface area contributed by atoms with Gasteiger partial charge in [0.05, 0.1) is 11.1 Å². The average molecular weight is 200 g/mol. The van der Waals surface area contributed by atoms with E-state index in [1.807, 2.05) is 12.3 Å². The van der Waals surface area contributed by atoms with Gasteiger partial charge >= 0.3 is 0 Å². The van der Waals surface area contributed by atoms with E-state index >= 15 is 0 Å². The van der Waals surface area contributed by atoms with Crippen molar-refractivity contribution >= 4 is 16.9 Å². The molecule has 0 aliphatic heterocycles. The average Bonchev–Trinajstić information content (AvgIpc) is 2.85. The van der Waals surface area contributed by atoms with Gasteiger partial charge in [-0.05, 0) is 6.07 Å². The minimum Gasteiger partial charge on any atom is -0.383 e. The fourth-order valence-electron chi connectivity index (χ4n) is 1.61. The van der Waals surface area contributed by atoms with Gasteiger partial charge in [0, 0.05) is 18.0 Å².